The van der Waals surface area contributed by atoms with Gasteiger partial charge in [-0.1, -0.05) is 30.3 Å². The zero-order chi connectivity index (χ0) is 13.0. The Balaban J connectivity index is 2.17. The highest BCUT2D eigenvalue weighted by Crippen LogP contribution is 2.25. The number of amides is 1. The molecule has 4 nitrogen and oxygen atoms in total. The van der Waals surface area contributed by atoms with Crippen LogP contribution in [0.2, 0.25) is 0 Å². The van der Waals surface area contributed by atoms with Crippen molar-refractivity contribution >= 4 is 5.91 Å². The maximum absolute atomic E-state index is 11.7. The molecule has 0 saturated carbocycles. The Bertz CT molecular complexity index is 394. The highest BCUT2D eigenvalue weighted by atomic mass is 16.3. The van der Waals surface area contributed by atoms with Crippen LogP contribution in [0.15, 0.2) is 30.3 Å². The van der Waals surface area contributed by atoms with E-state index in [9.17, 15) is 4.79 Å². The molecule has 1 aromatic carbocycles. The first-order chi connectivity index (χ1) is 8.72. The first kappa shape index (κ1) is 13.1. The SMILES string of the molecule is CC(=O)N1CCN(CCO)CC1c1ccccc1. The van der Waals surface area contributed by atoms with Gasteiger partial charge in [0.15, 0.2) is 0 Å². The van der Waals surface area contributed by atoms with Gasteiger partial charge in [0.2, 0.25) is 5.91 Å². The molecule has 4 heteroatoms. The first-order valence-corrected chi connectivity index (χ1v) is 6.37. The fraction of sp³-hybridized carbons (Fsp3) is 0.500. The molecule has 1 unspecified atom stereocenters. The van der Waals surface area contributed by atoms with Crippen LogP contribution in [0.3, 0.4) is 0 Å². The molecule has 1 fully saturated rings. The van der Waals surface area contributed by atoms with Gasteiger partial charge in [-0.2, -0.15) is 0 Å². The number of hydrogen-bond acceptors (Lipinski definition) is 3. The molecule has 0 aliphatic carbocycles. The molecule has 1 heterocycles. The van der Waals surface area contributed by atoms with Crippen LogP contribution in [-0.4, -0.2) is 53.6 Å². The molecule has 18 heavy (non-hydrogen) atoms. The molecule has 1 aliphatic rings. The van der Waals surface area contributed by atoms with Gasteiger partial charge in [-0.15, -0.1) is 0 Å². The lowest BCUT2D eigenvalue weighted by Crippen LogP contribution is -2.50. The summed E-state index contributed by atoms with van der Waals surface area (Å²) >= 11 is 0. The molecule has 0 spiro atoms. The van der Waals surface area contributed by atoms with Crippen molar-refractivity contribution in [3.8, 4) is 0 Å². The van der Waals surface area contributed by atoms with E-state index in [1.807, 2.05) is 23.1 Å². The Hall–Kier alpha value is -1.39. The van der Waals surface area contributed by atoms with Gasteiger partial charge < -0.3 is 10.0 Å². The summed E-state index contributed by atoms with van der Waals surface area (Å²) in [6, 6.07) is 10.2. The molecule has 1 aliphatic heterocycles. The van der Waals surface area contributed by atoms with Gasteiger partial charge >= 0.3 is 0 Å². The second-order valence-electron chi connectivity index (χ2n) is 4.66. The van der Waals surface area contributed by atoms with Crippen LogP contribution in [0, 0.1) is 0 Å². The second-order valence-corrected chi connectivity index (χ2v) is 4.66. The van der Waals surface area contributed by atoms with Crippen LogP contribution in [0.25, 0.3) is 0 Å². The number of benzene rings is 1. The zero-order valence-corrected chi connectivity index (χ0v) is 10.7. The van der Waals surface area contributed by atoms with Crippen LogP contribution < -0.4 is 0 Å². The van der Waals surface area contributed by atoms with E-state index in [1.165, 1.54) is 0 Å². The van der Waals surface area contributed by atoms with Crippen molar-refractivity contribution in [2.75, 3.05) is 32.8 Å². The van der Waals surface area contributed by atoms with Gasteiger partial charge in [0.05, 0.1) is 12.6 Å². The lowest BCUT2D eigenvalue weighted by Gasteiger charge is -2.41. The Morgan fingerprint density at radius 1 is 1.33 bits per heavy atom. The number of aliphatic hydroxyl groups is 1. The van der Waals surface area contributed by atoms with Crippen molar-refractivity contribution in [3.05, 3.63) is 35.9 Å². The molecule has 1 amide bonds. The largest absolute Gasteiger partial charge is 0.395 e. The standard InChI is InChI=1S/C14H20N2O2/c1-12(18)16-8-7-15(9-10-17)11-14(16)13-5-3-2-4-6-13/h2-6,14,17H,7-11H2,1H3. The Labute approximate surface area is 108 Å². The summed E-state index contributed by atoms with van der Waals surface area (Å²) < 4.78 is 0. The average Bonchev–Trinajstić information content (AvgIpc) is 2.40. The molecule has 1 N–H and O–H groups in total. The van der Waals surface area contributed by atoms with E-state index < -0.39 is 0 Å². The minimum absolute atomic E-state index is 0.101. The maximum atomic E-state index is 11.7. The van der Waals surface area contributed by atoms with Crippen LogP contribution in [-0.2, 0) is 4.79 Å². The minimum Gasteiger partial charge on any atom is -0.395 e. The van der Waals surface area contributed by atoms with Crippen molar-refractivity contribution in [1.29, 1.82) is 0 Å². The number of nitrogens with zero attached hydrogens (tertiary/aromatic N) is 2. The number of rotatable bonds is 3. The number of piperazine rings is 1. The Morgan fingerprint density at radius 3 is 2.67 bits per heavy atom. The lowest BCUT2D eigenvalue weighted by molar-refractivity contribution is -0.134. The molecule has 2 rings (SSSR count). The lowest BCUT2D eigenvalue weighted by atomic mass is 10.0. The van der Waals surface area contributed by atoms with Gasteiger partial charge in [0, 0.05) is 33.1 Å². The third-order valence-electron chi connectivity index (χ3n) is 3.47. The number of aliphatic hydroxyl groups excluding tert-OH is 1. The van der Waals surface area contributed by atoms with Crippen molar-refractivity contribution < 1.29 is 9.90 Å². The molecule has 1 atom stereocenters. The first-order valence-electron chi connectivity index (χ1n) is 6.37. The average molecular weight is 248 g/mol. The molecular formula is C14H20N2O2. The van der Waals surface area contributed by atoms with Crippen LogP contribution >= 0.6 is 0 Å². The van der Waals surface area contributed by atoms with E-state index in [-0.39, 0.29) is 18.6 Å². The van der Waals surface area contributed by atoms with Crippen molar-refractivity contribution in [3.63, 3.8) is 0 Å². The number of hydrogen-bond donors (Lipinski definition) is 1. The summed E-state index contributed by atoms with van der Waals surface area (Å²) in [7, 11) is 0. The number of carbonyl (C=O) groups excluding carboxylic acids is 1. The van der Waals surface area contributed by atoms with Crippen molar-refractivity contribution in [1.82, 2.24) is 9.80 Å². The van der Waals surface area contributed by atoms with Crippen molar-refractivity contribution in [2.24, 2.45) is 0 Å². The summed E-state index contributed by atoms with van der Waals surface area (Å²) in [6.45, 7) is 4.83. The summed E-state index contributed by atoms with van der Waals surface area (Å²) in [5.74, 6) is 0.118. The van der Waals surface area contributed by atoms with Crippen molar-refractivity contribution in [2.45, 2.75) is 13.0 Å². The zero-order valence-electron chi connectivity index (χ0n) is 10.7. The van der Waals surface area contributed by atoms with Gasteiger partial charge in [-0.3, -0.25) is 9.69 Å². The third-order valence-corrected chi connectivity index (χ3v) is 3.47. The smallest absolute Gasteiger partial charge is 0.220 e. The second kappa shape index (κ2) is 5.98. The molecule has 0 bridgehead atoms. The van der Waals surface area contributed by atoms with E-state index in [1.54, 1.807) is 6.92 Å². The van der Waals surface area contributed by atoms with E-state index in [2.05, 4.69) is 17.0 Å². The molecule has 0 radical (unpaired) electrons. The van der Waals surface area contributed by atoms with Crippen LogP contribution in [0.5, 0.6) is 0 Å². The van der Waals surface area contributed by atoms with Crippen LogP contribution in [0.1, 0.15) is 18.5 Å². The van der Waals surface area contributed by atoms with Gasteiger partial charge in [-0.25, -0.2) is 0 Å². The number of β-amino-alcohol motifs (C(OH)–C–C–N with tert-alkyl or cyclic N) is 1. The third kappa shape index (κ3) is 2.89. The summed E-state index contributed by atoms with van der Waals surface area (Å²) in [5.41, 5.74) is 1.16. The van der Waals surface area contributed by atoms with Gasteiger partial charge in [0.25, 0.3) is 0 Å². The minimum atomic E-state index is 0.101. The quantitative estimate of drug-likeness (QED) is 0.863. The fourth-order valence-electron chi connectivity index (χ4n) is 2.52. The molecule has 0 aromatic heterocycles. The predicted molar refractivity (Wildman–Crippen MR) is 70.1 cm³/mol. The van der Waals surface area contributed by atoms with E-state index in [4.69, 9.17) is 5.11 Å². The number of carbonyl (C=O) groups is 1. The van der Waals surface area contributed by atoms with E-state index in [0.29, 0.717) is 6.54 Å². The highest BCUT2D eigenvalue weighted by Gasteiger charge is 2.29. The summed E-state index contributed by atoms with van der Waals surface area (Å²) in [5, 5.41) is 9.03. The van der Waals surface area contributed by atoms with Crippen LogP contribution in [0.4, 0.5) is 0 Å². The topological polar surface area (TPSA) is 43.8 Å². The highest BCUT2D eigenvalue weighted by molar-refractivity contribution is 5.74. The summed E-state index contributed by atoms with van der Waals surface area (Å²) in [4.78, 5) is 15.8. The normalized spacial score (nSPS) is 21.0. The summed E-state index contributed by atoms with van der Waals surface area (Å²) in [6.07, 6.45) is 0. The van der Waals surface area contributed by atoms with Gasteiger partial charge in [0.1, 0.15) is 0 Å². The molecule has 1 saturated heterocycles. The maximum Gasteiger partial charge on any atom is 0.220 e. The van der Waals surface area contributed by atoms with Gasteiger partial charge in [-0.05, 0) is 5.56 Å². The Morgan fingerprint density at radius 2 is 2.06 bits per heavy atom. The molecule has 1 aromatic rings. The van der Waals surface area contributed by atoms with E-state index in [0.717, 1.165) is 25.2 Å². The fourth-order valence-corrected chi connectivity index (χ4v) is 2.52. The monoisotopic (exact) mass is 248 g/mol. The van der Waals surface area contributed by atoms with E-state index >= 15 is 0 Å². The molecule has 98 valence electrons. The predicted octanol–water partition coefficient (Wildman–Crippen LogP) is 0.884. The molecular weight excluding hydrogens is 228 g/mol. The Kier molecular flexibility index (Phi) is 4.33.